The van der Waals surface area contributed by atoms with Crippen LogP contribution in [0.5, 0.6) is 0 Å². The van der Waals surface area contributed by atoms with Gasteiger partial charge in [0.05, 0.1) is 0 Å². The maximum atomic E-state index is 7.00. The minimum absolute atomic E-state index is 1.00. The van der Waals surface area contributed by atoms with Crippen LogP contribution < -0.4 is 0 Å². The molecule has 0 saturated heterocycles. The Morgan fingerprint density at radius 3 is 0.175 bits per heavy atom. The van der Waals surface area contributed by atoms with E-state index in [1.54, 1.807) is 0 Å². The highest BCUT2D eigenvalue weighted by Gasteiger charge is 1.97. The highest BCUT2D eigenvalue weighted by Crippen LogP contribution is 2.17. The molecule has 7 nitrogen and oxygen atoms in total. The summed E-state index contributed by atoms with van der Waals surface area (Å²) in [6.07, 6.45) is 39.0. The fourth-order valence-corrected chi connectivity index (χ4v) is 4.60. The largest absolute Gasteiger partial charge is 0.400 e. The van der Waals surface area contributed by atoms with Crippen molar-refractivity contribution >= 4 is 0 Å². The minimum Gasteiger partial charge on any atom is -0.400 e. The summed E-state index contributed by atoms with van der Waals surface area (Å²) in [6.45, 7) is 0. The summed E-state index contributed by atoms with van der Waals surface area (Å²) < 4.78 is 0. The van der Waals surface area contributed by atoms with Crippen molar-refractivity contribution in [2.75, 3.05) is 49.8 Å². The molecule has 0 aromatic carbocycles. The van der Waals surface area contributed by atoms with Gasteiger partial charge in [-0.3, -0.25) is 0 Å². The Kier molecular flexibility index (Phi) is 116. The monoisotopic (exact) mass is 589 g/mol. The first-order valence-corrected chi connectivity index (χ1v) is 16.1. The van der Waals surface area contributed by atoms with Gasteiger partial charge in [0.1, 0.15) is 0 Å². The Labute approximate surface area is 252 Å². The van der Waals surface area contributed by atoms with E-state index in [2.05, 4.69) is 0 Å². The zero-order chi connectivity index (χ0) is 32.4. The maximum Gasteiger partial charge on any atom is 0.0319 e. The van der Waals surface area contributed by atoms with E-state index in [0.717, 1.165) is 49.8 Å². The van der Waals surface area contributed by atoms with Gasteiger partial charge in [-0.2, -0.15) is 0 Å². The summed E-state index contributed by atoms with van der Waals surface area (Å²) in [4.78, 5) is 0. The lowest BCUT2D eigenvalue weighted by Crippen LogP contribution is -1.85. The van der Waals surface area contributed by atoms with Crippen LogP contribution in [0, 0.1) is 0 Å². The summed E-state index contributed by atoms with van der Waals surface area (Å²) >= 11 is 0. The van der Waals surface area contributed by atoms with Crippen molar-refractivity contribution in [1.29, 1.82) is 0 Å². The Balaban J connectivity index is -0.000000135. The van der Waals surface area contributed by atoms with E-state index in [9.17, 15) is 0 Å². The van der Waals surface area contributed by atoms with Crippen molar-refractivity contribution in [2.24, 2.45) is 0 Å². The molecule has 0 bridgehead atoms. The predicted octanol–water partition coefficient (Wildman–Crippen LogP) is 7.40. The molecule has 0 aliphatic heterocycles. The van der Waals surface area contributed by atoms with Crippen LogP contribution in [0.3, 0.4) is 0 Å². The van der Waals surface area contributed by atoms with Crippen LogP contribution >= 0.6 is 0 Å². The summed E-state index contributed by atoms with van der Waals surface area (Å²) in [5.41, 5.74) is 0. The molecule has 0 spiro atoms. The second-order valence-corrected chi connectivity index (χ2v) is 9.19. The van der Waals surface area contributed by atoms with Crippen LogP contribution in [-0.2, 0) is 0 Å². The smallest absolute Gasteiger partial charge is 0.0319 e. The molecule has 0 atom stereocenters. The molecule has 0 amide bonds. The number of hydrogen-bond acceptors (Lipinski definition) is 7. The van der Waals surface area contributed by atoms with E-state index in [0.29, 0.717) is 0 Å². The van der Waals surface area contributed by atoms with Crippen LogP contribution in [0.2, 0.25) is 0 Å². The van der Waals surface area contributed by atoms with Crippen molar-refractivity contribution in [3.05, 3.63) is 0 Å². The van der Waals surface area contributed by atoms with Gasteiger partial charge in [0, 0.05) is 49.8 Å². The van der Waals surface area contributed by atoms with Crippen molar-refractivity contribution in [2.45, 2.75) is 167 Å². The minimum atomic E-state index is 1.00. The molecule has 1 fully saturated rings. The fourth-order valence-electron chi connectivity index (χ4n) is 4.60. The van der Waals surface area contributed by atoms with Gasteiger partial charge in [-0.15, -0.1) is 0 Å². The summed E-state index contributed by atoms with van der Waals surface area (Å²) in [6, 6.07) is 0. The van der Waals surface area contributed by atoms with Crippen LogP contribution in [0.15, 0.2) is 0 Å². The molecule has 0 aromatic rings. The van der Waals surface area contributed by atoms with Gasteiger partial charge in [0.25, 0.3) is 0 Å². The average Bonchev–Trinajstić information content (AvgIpc) is 3.06. The molecule has 7 N–H and O–H groups in total. The second kappa shape index (κ2) is 83.3. The van der Waals surface area contributed by atoms with E-state index in [1.165, 1.54) is 167 Å². The number of aliphatic hydroxyl groups excluding tert-OH is 7. The average molecular weight is 589 g/mol. The van der Waals surface area contributed by atoms with E-state index in [1.807, 2.05) is 0 Å². The van der Waals surface area contributed by atoms with Crippen molar-refractivity contribution in [3.8, 4) is 0 Å². The maximum absolute atomic E-state index is 7.00. The van der Waals surface area contributed by atoms with Crippen LogP contribution in [0.4, 0.5) is 0 Å². The standard InChI is InChI=1S/C26H52.7CH4O/c1-2-4-6-8-10-12-14-16-18-20-22-24-26-25-23-21-19-17-15-13-11-9-7-5-3-1;7*1-2/h1-26H2;7*2H,1H3. The van der Waals surface area contributed by atoms with Gasteiger partial charge in [-0.05, 0) is 0 Å². The topological polar surface area (TPSA) is 142 Å². The normalized spacial score (nSPS) is 16.6. The second-order valence-electron chi connectivity index (χ2n) is 9.19. The molecule has 7 heteroatoms. The van der Waals surface area contributed by atoms with Gasteiger partial charge in [0.15, 0.2) is 0 Å². The van der Waals surface area contributed by atoms with Gasteiger partial charge < -0.3 is 35.7 Å². The van der Waals surface area contributed by atoms with E-state index in [4.69, 9.17) is 35.7 Å². The molecule has 0 aromatic heterocycles. The van der Waals surface area contributed by atoms with E-state index < -0.39 is 0 Å². The van der Waals surface area contributed by atoms with Crippen LogP contribution in [0.25, 0.3) is 0 Å². The zero-order valence-electron chi connectivity index (χ0n) is 28.5. The first-order chi connectivity index (χ1) is 20.0. The Morgan fingerprint density at radius 1 is 0.125 bits per heavy atom. The van der Waals surface area contributed by atoms with Crippen molar-refractivity contribution < 1.29 is 35.7 Å². The summed E-state index contributed by atoms with van der Waals surface area (Å²) in [7, 11) is 7.00. The molecule has 1 aliphatic rings. The van der Waals surface area contributed by atoms with Gasteiger partial charge in [-0.1, -0.05) is 167 Å². The Morgan fingerprint density at radius 2 is 0.150 bits per heavy atom. The molecule has 1 rings (SSSR count). The number of aliphatic hydroxyl groups is 7. The lowest BCUT2D eigenvalue weighted by molar-refractivity contribution is 0.399. The third-order valence-electron chi connectivity index (χ3n) is 6.50. The highest BCUT2D eigenvalue weighted by atomic mass is 16.2. The number of hydrogen-bond donors (Lipinski definition) is 7. The molecule has 40 heavy (non-hydrogen) atoms. The van der Waals surface area contributed by atoms with E-state index in [-0.39, 0.29) is 0 Å². The van der Waals surface area contributed by atoms with Crippen molar-refractivity contribution in [3.63, 3.8) is 0 Å². The lowest BCUT2D eigenvalue weighted by Gasteiger charge is -2.05. The molecule has 0 radical (unpaired) electrons. The summed E-state index contributed by atoms with van der Waals surface area (Å²) in [5.74, 6) is 0. The van der Waals surface area contributed by atoms with Gasteiger partial charge >= 0.3 is 0 Å². The highest BCUT2D eigenvalue weighted by molar-refractivity contribution is 4.53. The quantitative estimate of drug-likeness (QED) is 0.156. The third-order valence-corrected chi connectivity index (χ3v) is 6.50. The Hall–Kier alpha value is -0.280. The van der Waals surface area contributed by atoms with Gasteiger partial charge in [0.2, 0.25) is 0 Å². The predicted molar refractivity (Wildman–Crippen MR) is 177 cm³/mol. The van der Waals surface area contributed by atoms with Gasteiger partial charge in [-0.25, -0.2) is 0 Å². The molecule has 1 saturated carbocycles. The lowest BCUT2D eigenvalue weighted by atomic mass is 10.0. The molecule has 0 heterocycles. The molecule has 1 aliphatic carbocycles. The molecular formula is C33H80O7. The van der Waals surface area contributed by atoms with Crippen molar-refractivity contribution in [1.82, 2.24) is 0 Å². The molecular weight excluding hydrogens is 508 g/mol. The summed E-state index contributed by atoms with van der Waals surface area (Å²) in [5, 5.41) is 49.0. The molecule has 254 valence electrons. The first kappa shape index (κ1) is 55.6. The van der Waals surface area contributed by atoms with Crippen LogP contribution in [0.1, 0.15) is 167 Å². The zero-order valence-corrected chi connectivity index (χ0v) is 28.5. The number of rotatable bonds is 0. The SMILES string of the molecule is C1CCCCCCCCCCCCCCCCCCCCCCCCC1.CO.CO.CO.CO.CO.CO.CO. The molecule has 0 unspecified atom stereocenters. The third kappa shape index (κ3) is 76.9. The fraction of sp³-hybridized carbons (Fsp3) is 1.00. The Bertz CT molecular complexity index is 149. The first-order valence-electron chi connectivity index (χ1n) is 16.1. The van der Waals surface area contributed by atoms with Crippen LogP contribution in [-0.4, -0.2) is 85.5 Å². The van der Waals surface area contributed by atoms with E-state index >= 15 is 0 Å².